The van der Waals surface area contributed by atoms with Crippen LogP contribution in [0.1, 0.15) is 4.88 Å². The van der Waals surface area contributed by atoms with Crippen LogP contribution in [0.25, 0.3) is 0 Å². The number of halogens is 1. The van der Waals surface area contributed by atoms with Crippen molar-refractivity contribution in [3.05, 3.63) is 74.7 Å². The topological polar surface area (TPSA) is 92.5 Å². The Morgan fingerprint density at radius 2 is 1.88 bits per heavy atom. The van der Waals surface area contributed by atoms with Gasteiger partial charge in [-0.15, -0.1) is 0 Å². The summed E-state index contributed by atoms with van der Waals surface area (Å²) < 4.78 is 0. The lowest BCUT2D eigenvalue weighted by atomic mass is 10.3. The van der Waals surface area contributed by atoms with Gasteiger partial charge in [-0.2, -0.15) is 5.10 Å². The van der Waals surface area contributed by atoms with Gasteiger partial charge in [0.1, 0.15) is 5.69 Å². The van der Waals surface area contributed by atoms with Crippen LogP contribution < -0.4 is 10.7 Å². The van der Waals surface area contributed by atoms with E-state index >= 15 is 0 Å². The number of para-hydroxylation sites is 3. The maximum atomic E-state index is 11.0. The third kappa shape index (κ3) is 4.31. The minimum Gasteiger partial charge on any atom is -0.331 e. The van der Waals surface area contributed by atoms with Crippen LogP contribution in [-0.2, 0) is 0 Å². The third-order valence-electron chi connectivity index (χ3n) is 3.10. The second-order valence-electron chi connectivity index (χ2n) is 4.81. The van der Waals surface area contributed by atoms with Gasteiger partial charge in [-0.05, 0) is 18.2 Å². The molecule has 3 aromatic rings. The van der Waals surface area contributed by atoms with Crippen LogP contribution in [0.5, 0.6) is 0 Å². The Morgan fingerprint density at radius 3 is 2.64 bits per heavy atom. The molecule has 0 spiro atoms. The van der Waals surface area contributed by atoms with Gasteiger partial charge in [0.2, 0.25) is 0 Å². The smallest absolute Gasteiger partial charge is 0.294 e. The average Bonchev–Trinajstić information content (AvgIpc) is 2.95. The molecule has 0 fully saturated rings. The number of nitro groups is 1. The van der Waals surface area contributed by atoms with E-state index in [1.54, 1.807) is 18.2 Å². The molecule has 0 bridgehead atoms. The quantitative estimate of drug-likeness (QED) is 0.364. The van der Waals surface area contributed by atoms with E-state index in [9.17, 15) is 10.1 Å². The molecule has 2 N–H and O–H groups in total. The molecule has 0 amide bonds. The Morgan fingerprint density at radius 1 is 1.16 bits per heavy atom. The van der Waals surface area contributed by atoms with Gasteiger partial charge in [-0.25, -0.2) is 4.98 Å². The van der Waals surface area contributed by atoms with E-state index in [0.717, 1.165) is 5.69 Å². The molecule has 0 aliphatic heterocycles. The zero-order valence-electron chi connectivity index (χ0n) is 12.7. The SMILES string of the molecule is O=[N+]([O-])c1ccccc1NN=Cc1sc(Nc2ccccc2)nc1Cl. The second-order valence-corrected chi connectivity index (χ2v) is 6.20. The van der Waals surface area contributed by atoms with Gasteiger partial charge in [0.05, 0.1) is 16.0 Å². The number of nitrogens with one attached hydrogen (secondary N) is 2. The van der Waals surface area contributed by atoms with E-state index in [1.165, 1.54) is 23.6 Å². The van der Waals surface area contributed by atoms with Crippen molar-refractivity contribution in [2.75, 3.05) is 10.7 Å². The molecule has 3 rings (SSSR count). The van der Waals surface area contributed by atoms with Gasteiger partial charge in [0.15, 0.2) is 10.3 Å². The summed E-state index contributed by atoms with van der Waals surface area (Å²) in [4.78, 5) is 15.3. The number of rotatable bonds is 6. The monoisotopic (exact) mass is 373 g/mol. The third-order valence-corrected chi connectivity index (χ3v) is 4.41. The standard InChI is InChI=1S/C16H12ClN5O2S/c17-15-14(25-16(20-15)19-11-6-2-1-3-7-11)10-18-21-12-8-4-5-9-13(12)22(23)24/h1-10,21H,(H,19,20). The minimum atomic E-state index is -0.473. The van der Waals surface area contributed by atoms with Gasteiger partial charge in [-0.1, -0.05) is 53.3 Å². The van der Waals surface area contributed by atoms with Crippen molar-refractivity contribution < 1.29 is 4.92 Å². The molecule has 0 unspecified atom stereocenters. The molecule has 25 heavy (non-hydrogen) atoms. The lowest BCUT2D eigenvalue weighted by Crippen LogP contribution is -1.96. The summed E-state index contributed by atoms with van der Waals surface area (Å²) in [6, 6.07) is 15.8. The van der Waals surface area contributed by atoms with Crippen LogP contribution >= 0.6 is 22.9 Å². The van der Waals surface area contributed by atoms with Crippen molar-refractivity contribution >= 4 is 51.3 Å². The summed E-state index contributed by atoms with van der Waals surface area (Å²) in [5, 5.41) is 19.1. The molecular weight excluding hydrogens is 362 g/mol. The average molecular weight is 374 g/mol. The second kappa shape index (κ2) is 7.73. The summed E-state index contributed by atoms with van der Waals surface area (Å²) in [6.07, 6.45) is 1.48. The Hall–Kier alpha value is -2.97. The summed E-state index contributed by atoms with van der Waals surface area (Å²) in [6.45, 7) is 0. The van der Waals surface area contributed by atoms with Gasteiger partial charge in [0, 0.05) is 11.8 Å². The number of thiazole rings is 1. The van der Waals surface area contributed by atoms with Crippen LogP contribution in [0.3, 0.4) is 0 Å². The van der Waals surface area contributed by atoms with E-state index in [2.05, 4.69) is 20.8 Å². The Bertz CT molecular complexity index is 914. The largest absolute Gasteiger partial charge is 0.331 e. The van der Waals surface area contributed by atoms with Crippen molar-refractivity contribution in [3.8, 4) is 0 Å². The molecule has 1 aromatic heterocycles. The number of hydrogen-bond donors (Lipinski definition) is 2. The number of nitrogens with zero attached hydrogens (tertiary/aromatic N) is 3. The molecule has 7 nitrogen and oxygen atoms in total. The number of benzene rings is 2. The molecule has 1 heterocycles. The first kappa shape index (κ1) is 16.9. The van der Waals surface area contributed by atoms with Crippen LogP contribution in [0, 0.1) is 10.1 Å². The number of hydrogen-bond acceptors (Lipinski definition) is 7. The van der Waals surface area contributed by atoms with Crippen LogP contribution in [-0.4, -0.2) is 16.1 Å². The summed E-state index contributed by atoms with van der Waals surface area (Å²) in [7, 11) is 0. The molecule has 0 aliphatic carbocycles. The van der Waals surface area contributed by atoms with Gasteiger partial charge in [-0.3, -0.25) is 15.5 Å². The molecule has 9 heteroatoms. The number of anilines is 3. The minimum absolute atomic E-state index is 0.0542. The highest BCUT2D eigenvalue weighted by molar-refractivity contribution is 7.17. The fourth-order valence-electron chi connectivity index (χ4n) is 1.98. The molecule has 126 valence electrons. The van der Waals surface area contributed by atoms with Crippen molar-refractivity contribution in [2.45, 2.75) is 0 Å². The van der Waals surface area contributed by atoms with Gasteiger partial charge in [0.25, 0.3) is 5.69 Å². The molecule has 0 radical (unpaired) electrons. The highest BCUT2D eigenvalue weighted by Crippen LogP contribution is 2.28. The Kier molecular flexibility index (Phi) is 5.22. The normalized spacial score (nSPS) is 10.8. The molecule has 0 saturated carbocycles. The lowest BCUT2D eigenvalue weighted by molar-refractivity contribution is -0.384. The fourth-order valence-corrected chi connectivity index (χ4v) is 3.03. The first-order valence-corrected chi connectivity index (χ1v) is 8.34. The molecule has 0 saturated heterocycles. The molecular formula is C16H12ClN5O2S. The van der Waals surface area contributed by atoms with E-state index in [4.69, 9.17) is 11.6 Å². The fraction of sp³-hybridized carbons (Fsp3) is 0. The van der Waals surface area contributed by atoms with E-state index in [1.807, 2.05) is 30.3 Å². The first-order valence-electron chi connectivity index (χ1n) is 7.14. The maximum absolute atomic E-state index is 11.0. The summed E-state index contributed by atoms with van der Waals surface area (Å²) in [5.41, 5.74) is 3.80. The maximum Gasteiger partial charge on any atom is 0.294 e. The van der Waals surface area contributed by atoms with Gasteiger partial charge >= 0.3 is 0 Å². The van der Waals surface area contributed by atoms with Crippen LogP contribution in [0.4, 0.5) is 22.2 Å². The van der Waals surface area contributed by atoms with Crippen LogP contribution in [0.15, 0.2) is 59.7 Å². The molecule has 0 atom stereocenters. The van der Waals surface area contributed by atoms with Crippen LogP contribution in [0.2, 0.25) is 5.15 Å². The molecule has 0 aliphatic rings. The number of hydrazone groups is 1. The zero-order chi connectivity index (χ0) is 17.6. The summed E-state index contributed by atoms with van der Waals surface area (Å²) in [5.74, 6) is 0. The van der Waals surface area contributed by atoms with E-state index in [0.29, 0.717) is 20.8 Å². The zero-order valence-corrected chi connectivity index (χ0v) is 14.3. The summed E-state index contributed by atoms with van der Waals surface area (Å²) >= 11 is 7.43. The highest BCUT2D eigenvalue weighted by Gasteiger charge is 2.11. The van der Waals surface area contributed by atoms with Crippen molar-refractivity contribution in [3.63, 3.8) is 0 Å². The Labute approximate surface area is 152 Å². The Balaban J connectivity index is 1.71. The predicted molar refractivity (Wildman–Crippen MR) is 101 cm³/mol. The molecule has 2 aromatic carbocycles. The van der Waals surface area contributed by atoms with Crippen molar-refractivity contribution in [1.29, 1.82) is 0 Å². The van der Waals surface area contributed by atoms with E-state index in [-0.39, 0.29) is 5.69 Å². The highest BCUT2D eigenvalue weighted by atomic mass is 35.5. The van der Waals surface area contributed by atoms with E-state index < -0.39 is 4.92 Å². The van der Waals surface area contributed by atoms with Crippen molar-refractivity contribution in [2.24, 2.45) is 5.10 Å². The lowest BCUT2D eigenvalue weighted by Gasteiger charge is -2.00. The van der Waals surface area contributed by atoms with Crippen molar-refractivity contribution in [1.82, 2.24) is 4.98 Å². The number of nitro benzene ring substituents is 1. The number of aromatic nitrogens is 1. The predicted octanol–water partition coefficient (Wildman–Crippen LogP) is 4.89. The first-order chi connectivity index (χ1) is 12.1. The van der Waals surface area contributed by atoms with Gasteiger partial charge < -0.3 is 5.32 Å².